The summed E-state index contributed by atoms with van der Waals surface area (Å²) in [7, 11) is 0. The van der Waals surface area contributed by atoms with E-state index >= 15 is 0 Å². The number of pyridine rings is 1. The summed E-state index contributed by atoms with van der Waals surface area (Å²) < 4.78 is 37.7. The number of halogens is 3. The van der Waals surface area contributed by atoms with E-state index in [9.17, 15) is 18.0 Å². The number of carbonyl (C=O) groups excluding carboxylic acids is 1. The molecular formula is C14H12F3N3O. The van der Waals surface area contributed by atoms with Crippen molar-refractivity contribution < 1.29 is 18.0 Å². The maximum atomic E-state index is 12.6. The number of alkyl halides is 3. The van der Waals surface area contributed by atoms with Gasteiger partial charge in [-0.3, -0.25) is 4.79 Å². The van der Waals surface area contributed by atoms with Crippen LogP contribution in [0.25, 0.3) is 0 Å². The van der Waals surface area contributed by atoms with Crippen LogP contribution < -0.4 is 11.1 Å². The number of nitrogens with one attached hydrogen (secondary N) is 1. The van der Waals surface area contributed by atoms with Crippen LogP contribution in [-0.4, -0.2) is 10.9 Å². The number of nitrogen functional groups attached to an aromatic ring is 1. The van der Waals surface area contributed by atoms with Crippen molar-refractivity contribution in [1.29, 1.82) is 0 Å². The first kappa shape index (κ1) is 14.8. The topological polar surface area (TPSA) is 68.0 Å². The smallest absolute Gasteiger partial charge is 0.384 e. The summed E-state index contributed by atoms with van der Waals surface area (Å²) >= 11 is 0. The van der Waals surface area contributed by atoms with Gasteiger partial charge in [0.15, 0.2) is 0 Å². The number of amides is 1. The van der Waals surface area contributed by atoms with Crippen molar-refractivity contribution in [3.8, 4) is 0 Å². The van der Waals surface area contributed by atoms with Gasteiger partial charge < -0.3 is 11.1 Å². The Labute approximate surface area is 118 Å². The Morgan fingerprint density at radius 2 is 2.00 bits per heavy atom. The van der Waals surface area contributed by atoms with Gasteiger partial charge in [0.25, 0.3) is 5.91 Å². The van der Waals surface area contributed by atoms with Crippen LogP contribution in [0.2, 0.25) is 0 Å². The maximum absolute atomic E-state index is 12.6. The fraction of sp³-hybridized carbons (Fsp3) is 0.143. The number of nitrogens with two attached hydrogens (primary N) is 1. The molecule has 21 heavy (non-hydrogen) atoms. The lowest BCUT2D eigenvalue weighted by Gasteiger charge is -2.09. The first-order valence-electron chi connectivity index (χ1n) is 6.02. The molecule has 3 N–H and O–H groups in total. The number of nitrogens with zero attached hydrogens (tertiary/aromatic N) is 1. The lowest BCUT2D eigenvalue weighted by atomic mass is 10.1. The molecule has 0 radical (unpaired) electrons. The fourth-order valence-corrected chi connectivity index (χ4v) is 1.68. The SMILES string of the molecule is Nc1ccc(C(=O)NCc2cccc(C(F)(F)F)c2)cn1. The van der Waals surface area contributed by atoms with Crippen LogP contribution in [0.1, 0.15) is 21.5 Å². The number of hydrogen-bond acceptors (Lipinski definition) is 3. The average molecular weight is 295 g/mol. The third-order valence-corrected chi connectivity index (χ3v) is 2.76. The summed E-state index contributed by atoms with van der Waals surface area (Å²) in [6.45, 7) is -0.00682. The van der Waals surface area contributed by atoms with Gasteiger partial charge >= 0.3 is 6.18 Å². The quantitative estimate of drug-likeness (QED) is 0.914. The van der Waals surface area contributed by atoms with Gasteiger partial charge in [-0.1, -0.05) is 12.1 Å². The van der Waals surface area contributed by atoms with Crippen LogP contribution in [0.5, 0.6) is 0 Å². The fourth-order valence-electron chi connectivity index (χ4n) is 1.68. The lowest BCUT2D eigenvalue weighted by Crippen LogP contribution is -2.23. The normalized spacial score (nSPS) is 11.2. The molecule has 1 aromatic heterocycles. The second-order valence-electron chi connectivity index (χ2n) is 4.35. The van der Waals surface area contributed by atoms with E-state index < -0.39 is 17.6 Å². The molecule has 110 valence electrons. The summed E-state index contributed by atoms with van der Waals surface area (Å²) in [5, 5.41) is 2.53. The predicted octanol–water partition coefficient (Wildman–Crippen LogP) is 2.61. The first-order chi connectivity index (χ1) is 9.86. The molecule has 0 aliphatic rings. The summed E-state index contributed by atoms with van der Waals surface area (Å²) in [5.74, 6) is -0.149. The average Bonchev–Trinajstić information content (AvgIpc) is 2.45. The van der Waals surface area contributed by atoms with Crippen LogP contribution in [0.3, 0.4) is 0 Å². The highest BCUT2D eigenvalue weighted by atomic mass is 19.4. The monoisotopic (exact) mass is 295 g/mol. The highest BCUT2D eigenvalue weighted by Crippen LogP contribution is 2.29. The molecule has 0 unspecified atom stereocenters. The molecule has 2 rings (SSSR count). The lowest BCUT2D eigenvalue weighted by molar-refractivity contribution is -0.137. The molecule has 0 bridgehead atoms. The van der Waals surface area contributed by atoms with E-state index in [1.165, 1.54) is 30.5 Å². The molecular weight excluding hydrogens is 283 g/mol. The van der Waals surface area contributed by atoms with Crippen LogP contribution in [0.4, 0.5) is 19.0 Å². The Balaban J connectivity index is 2.03. The van der Waals surface area contributed by atoms with Gasteiger partial charge in [0.05, 0.1) is 11.1 Å². The summed E-state index contributed by atoms with van der Waals surface area (Å²) in [6, 6.07) is 7.76. The van der Waals surface area contributed by atoms with Crippen LogP contribution in [0, 0.1) is 0 Å². The Bertz CT molecular complexity index is 639. The molecule has 0 aliphatic heterocycles. The number of carbonyl (C=O) groups is 1. The molecule has 1 amide bonds. The Morgan fingerprint density at radius 1 is 1.24 bits per heavy atom. The van der Waals surface area contributed by atoms with Crippen LogP contribution in [-0.2, 0) is 12.7 Å². The third kappa shape index (κ3) is 3.95. The van der Waals surface area contributed by atoms with E-state index in [2.05, 4.69) is 10.3 Å². The van der Waals surface area contributed by atoms with E-state index in [0.717, 1.165) is 12.1 Å². The minimum absolute atomic E-state index is 0.00682. The molecule has 0 aliphatic carbocycles. The zero-order valence-electron chi connectivity index (χ0n) is 10.8. The molecule has 0 saturated heterocycles. The minimum atomic E-state index is -4.40. The summed E-state index contributed by atoms with van der Waals surface area (Å²) in [4.78, 5) is 15.6. The molecule has 0 saturated carbocycles. The Morgan fingerprint density at radius 3 is 2.62 bits per heavy atom. The molecule has 4 nitrogen and oxygen atoms in total. The largest absolute Gasteiger partial charge is 0.416 e. The molecule has 1 heterocycles. The third-order valence-electron chi connectivity index (χ3n) is 2.76. The minimum Gasteiger partial charge on any atom is -0.384 e. The number of anilines is 1. The van der Waals surface area contributed by atoms with E-state index in [1.807, 2.05) is 0 Å². The van der Waals surface area contributed by atoms with E-state index in [0.29, 0.717) is 5.56 Å². The van der Waals surface area contributed by atoms with Crippen molar-refractivity contribution in [3.05, 3.63) is 59.3 Å². The van der Waals surface area contributed by atoms with E-state index in [1.54, 1.807) is 0 Å². The van der Waals surface area contributed by atoms with Gasteiger partial charge in [0.2, 0.25) is 0 Å². The maximum Gasteiger partial charge on any atom is 0.416 e. The van der Waals surface area contributed by atoms with Gasteiger partial charge in [-0.25, -0.2) is 4.98 Å². The van der Waals surface area contributed by atoms with Crippen LogP contribution >= 0.6 is 0 Å². The van der Waals surface area contributed by atoms with Gasteiger partial charge in [-0.15, -0.1) is 0 Å². The number of aromatic nitrogens is 1. The summed E-state index contributed by atoms with van der Waals surface area (Å²) in [6.07, 6.45) is -3.10. The number of hydrogen-bond donors (Lipinski definition) is 2. The van der Waals surface area contributed by atoms with Crippen LogP contribution in [0.15, 0.2) is 42.6 Å². The van der Waals surface area contributed by atoms with Gasteiger partial charge in [-0.2, -0.15) is 13.2 Å². The molecule has 7 heteroatoms. The van der Waals surface area contributed by atoms with Crippen molar-refractivity contribution in [2.75, 3.05) is 5.73 Å². The molecule has 0 atom stereocenters. The van der Waals surface area contributed by atoms with E-state index in [-0.39, 0.29) is 17.9 Å². The Kier molecular flexibility index (Phi) is 4.11. The number of benzene rings is 1. The first-order valence-corrected chi connectivity index (χ1v) is 6.02. The van der Waals surface area contributed by atoms with Crippen molar-refractivity contribution >= 4 is 11.7 Å². The van der Waals surface area contributed by atoms with Gasteiger partial charge in [-0.05, 0) is 29.8 Å². The summed E-state index contributed by atoms with van der Waals surface area (Å²) in [5.41, 5.74) is 5.30. The second kappa shape index (κ2) is 5.82. The number of rotatable bonds is 3. The highest BCUT2D eigenvalue weighted by molar-refractivity contribution is 5.93. The highest BCUT2D eigenvalue weighted by Gasteiger charge is 2.30. The van der Waals surface area contributed by atoms with Crippen molar-refractivity contribution in [3.63, 3.8) is 0 Å². The van der Waals surface area contributed by atoms with E-state index in [4.69, 9.17) is 5.73 Å². The van der Waals surface area contributed by atoms with Crippen molar-refractivity contribution in [1.82, 2.24) is 10.3 Å². The van der Waals surface area contributed by atoms with Gasteiger partial charge in [0.1, 0.15) is 5.82 Å². The van der Waals surface area contributed by atoms with Gasteiger partial charge in [0, 0.05) is 12.7 Å². The zero-order chi connectivity index (χ0) is 15.5. The Hall–Kier alpha value is -2.57. The van der Waals surface area contributed by atoms with Crippen molar-refractivity contribution in [2.24, 2.45) is 0 Å². The van der Waals surface area contributed by atoms with Crippen molar-refractivity contribution in [2.45, 2.75) is 12.7 Å². The predicted molar refractivity (Wildman–Crippen MR) is 71.3 cm³/mol. The zero-order valence-corrected chi connectivity index (χ0v) is 10.8. The molecule has 0 spiro atoms. The standard InChI is InChI=1S/C14H12F3N3O/c15-14(16,17)11-3-1-2-9(6-11)7-20-13(21)10-4-5-12(18)19-8-10/h1-6,8H,7H2,(H2,18,19)(H,20,21). The molecule has 1 aromatic carbocycles. The molecule has 2 aromatic rings. The second-order valence-corrected chi connectivity index (χ2v) is 4.35. The molecule has 0 fully saturated rings.